The topological polar surface area (TPSA) is 199 Å². The van der Waals surface area contributed by atoms with Crippen molar-refractivity contribution in [2.75, 3.05) is 64.7 Å². The van der Waals surface area contributed by atoms with Gasteiger partial charge in [-0.2, -0.15) is 0 Å². The first-order valence-electron chi connectivity index (χ1n) is 28.9. The van der Waals surface area contributed by atoms with Gasteiger partial charge in [0.1, 0.15) is 13.2 Å². The van der Waals surface area contributed by atoms with Crippen LogP contribution in [0.1, 0.15) is 81.0 Å². The highest BCUT2D eigenvalue weighted by Crippen LogP contribution is 2.35. The molecule has 12 rings (SSSR count). The molecule has 2 saturated heterocycles. The minimum Gasteiger partial charge on any atom is -0.445 e. The molecule has 2 saturated carbocycles. The molecule has 0 spiro atoms. The second-order valence-corrected chi connectivity index (χ2v) is 23.4. The Labute approximate surface area is 528 Å². The fraction of sp³-hybridized carbons (Fsp3) is 0.406. The molecule has 4 aliphatic rings. The lowest BCUT2D eigenvalue weighted by molar-refractivity contribution is 0.0510. The van der Waals surface area contributed by atoms with Gasteiger partial charge in [-0.15, -0.1) is 12.4 Å². The van der Waals surface area contributed by atoms with E-state index in [1.54, 1.807) is 13.2 Å². The number of piperazine rings is 2. The van der Waals surface area contributed by atoms with E-state index in [0.717, 1.165) is 128 Å². The molecule has 5 N–H and O–H groups in total. The third-order valence-corrected chi connectivity index (χ3v) is 16.6. The molecule has 4 fully saturated rings. The molecule has 0 bridgehead atoms. The maximum Gasteiger partial charge on any atom is 0.410 e. The van der Waals surface area contributed by atoms with Crippen molar-refractivity contribution in [2.45, 2.75) is 110 Å². The summed E-state index contributed by atoms with van der Waals surface area (Å²) in [7, 11) is 4.47. The van der Waals surface area contributed by atoms with E-state index in [9.17, 15) is 9.59 Å². The number of nitrogens with zero attached hydrogens (tertiary/aromatic N) is 9. The van der Waals surface area contributed by atoms with Crippen LogP contribution in [0.25, 0.3) is 44.3 Å². The summed E-state index contributed by atoms with van der Waals surface area (Å²) in [5, 5.41) is 6.99. The largest absolute Gasteiger partial charge is 0.445 e. The van der Waals surface area contributed by atoms with Crippen LogP contribution in [-0.4, -0.2) is 145 Å². The fourth-order valence-electron chi connectivity index (χ4n) is 11.5. The number of benzene rings is 4. The minimum atomic E-state index is -0.229. The Morgan fingerprint density at radius 1 is 0.651 bits per heavy atom. The number of hydrogen-bond acceptors (Lipinski definition) is 13. The molecule has 6 heterocycles. The molecule has 2 aliphatic carbocycles. The number of amides is 2. The molecule has 4 aromatic carbocycles. The van der Waals surface area contributed by atoms with Crippen molar-refractivity contribution in [3.05, 3.63) is 159 Å². The smallest absolute Gasteiger partial charge is 0.410 e. The molecule has 458 valence electrons. The number of carbonyl (C=O) groups is 2. The number of nitrogens with one attached hydrogen (secondary N) is 3. The van der Waals surface area contributed by atoms with Crippen molar-refractivity contribution >= 4 is 96.2 Å². The number of ether oxygens (including phenoxy) is 2. The highest BCUT2D eigenvalue weighted by Gasteiger charge is 2.32. The summed E-state index contributed by atoms with van der Waals surface area (Å²) in [6, 6.07) is 33.8. The number of aromatic nitrogens is 6. The van der Waals surface area contributed by atoms with Crippen molar-refractivity contribution in [2.24, 2.45) is 10.5 Å². The molecular formula is C64H80Cl4N13O4P. The van der Waals surface area contributed by atoms with Gasteiger partial charge in [0, 0.05) is 129 Å². The Bertz CT molecular complexity index is 3440. The van der Waals surface area contributed by atoms with E-state index >= 15 is 0 Å². The van der Waals surface area contributed by atoms with Crippen LogP contribution in [0, 0.1) is 13.8 Å². The van der Waals surface area contributed by atoms with Crippen LogP contribution in [0.4, 0.5) is 15.5 Å². The van der Waals surface area contributed by atoms with Gasteiger partial charge in [-0.3, -0.25) is 14.5 Å². The predicted molar refractivity (Wildman–Crippen MR) is 353 cm³/mol. The second-order valence-electron chi connectivity index (χ2n) is 21.8. The number of aromatic amines is 2. The minimum absolute atomic E-state index is 0. The number of carbonyl (C=O) groups excluding carboxylic acids is 2. The molecule has 86 heavy (non-hydrogen) atoms. The number of nitrogens with two attached hydrogens (primary N) is 1. The molecule has 0 unspecified atom stereocenters. The Kier molecular flexibility index (Phi) is 25.8. The average molecular weight is 1270 g/mol. The van der Waals surface area contributed by atoms with Crippen LogP contribution >= 0.6 is 56.2 Å². The Morgan fingerprint density at radius 3 is 1.59 bits per heavy atom. The number of halogens is 4. The van der Waals surface area contributed by atoms with Crippen molar-refractivity contribution in [3.8, 4) is 22.5 Å². The molecule has 0 radical (unpaired) electrons. The summed E-state index contributed by atoms with van der Waals surface area (Å²) < 4.78 is 14.3. The normalized spacial score (nSPS) is 18.7. The van der Waals surface area contributed by atoms with E-state index in [-0.39, 0.29) is 43.3 Å². The maximum atomic E-state index is 12.6. The zero-order valence-electron chi connectivity index (χ0n) is 48.4. The molecule has 2 amide bonds. The van der Waals surface area contributed by atoms with Crippen molar-refractivity contribution in [1.82, 2.24) is 49.5 Å². The summed E-state index contributed by atoms with van der Waals surface area (Å²) in [6.45, 7) is 11.2. The number of fused-ring (bicyclic) bond motifs is 2. The van der Waals surface area contributed by atoms with Crippen LogP contribution in [-0.2, 0) is 22.7 Å². The Balaban J connectivity index is 0.000000195. The van der Waals surface area contributed by atoms with Crippen LogP contribution in [0.3, 0.4) is 0 Å². The number of hydrogen-bond donors (Lipinski definition) is 4. The van der Waals surface area contributed by atoms with Gasteiger partial charge in [-0.05, 0) is 115 Å². The molecule has 17 nitrogen and oxygen atoms in total. The van der Waals surface area contributed by atoms with Crippen molar-refractivity contribution in [1.29, 1.82) is 0 Å². The van der Waals surface area contributed by atoms with Gasteiger partial charge < -0.3 is 40.3 Å². The van der Waals surface area contributed by atoms with Gasteiger partial charge in [0.25, 0.3) is 0 Å². The lowest BCUT2D eigenvalue weighted by Crippen LogP contribution is -2.53. The van der Waals surface area contributed by atoms with Crippen LogP contribution < -0.4 is 11.1 Å². The first-order chi connectivity index (χ1) is 40.8. The summed E-state index contributed by atoms with van der Waals surface area (Å²) >= 11 is 18.5. The monoisotopic (exact) mass is 1270 g/mol. The SMILES string of the molecule is C.CN=P.Cc1ccc2[nH]cc(-c3nc(Cl)ncc3Cl)c2c1.Cc1ccc2[nH]cc(-c3nc(N[C@@H]4CCC[C@H](N5CCN(C(=O)OCc6ccccc6)CC5)C4)ncc3Cl)c2c1.Cl.N[C@@H]1CCC[C@H](N2CCN(C(=O)OCc3ccccc3)CC2)C1. The molecule has 22 heteroatoms. The summed E-state index contributed by atoms with van der Waals surface area (Å²) in [4.78, 5) is 57.4. The molecular weight excluding hydrogens is 1190 g/mol. The first kappa shape index (κ1) is 67.1. The number of aryl methyl sites for hydroxylation is 2. The molecule has 4 aromatic heterocycles. The summed E-state index contributed by atoms with van der Waals surface area (Å²) in [6.07, 6.45) is 15.8. The van der Waals surface area contributed by atoms with Gasteiger partial charge in [-0.25, -0.2) is 29.5 Å². The van der Waals surface area contributed by atoms with Crippen molar-refractivity contribution < 1.29 is 19.1 Å². The molecule has 2 aliphatic heterocycles. The number of rotatable bonds is 10. The quantitative estimate of drug-likeness (QED) is 0.0747. The van der Waals surface area contributed by atoms with Crippen LogP contribution in [0.2, 0.25) is 15.3 Å². The maximum absolute atomic E-state index is 12.6. The van der Waals surface area contributed by atoms with Crippen LogP contribution in [0.5, 0.6) is 0 Å². The third kappa shape index (κ3) is 18.3. The van der Waals surface area contributed by atoms with E-state index in [4.69, 9.17) is 55.0 Å². The van der Waals surface area contributed by atoms with Gasteiger partial charge in [-0.1, -0.05) is 121 Å². The van der Waals surface area contributed by atoms with Crippen LogP contribution in [0.15, 0.2) is 127 Å². The summed E-state index contributed by atoms with van der Waals surface area (Å²) in [5.74, 6) is 0.609. The summed E-state index contributed by atoms with van der Waals surface area (Å²) in [5.41, 5.74) is 15.9. The lowest BCUT2D eigenvalue weighted by atomic mass is 9.89. The Morgan fingerprint density at radius 2 is 1.10 bits per heavy atom. The fourth-order valence-corrected chi connectivity index (χ4v) is 12.0. The van der Waals surface area contributed by atoms with Gasteiger partial charge >= 0.3 is 12.2 Å². The van der Waals surface area contributed by atoms with E-state index in [1.165, 1.54) is 30.2 Å². The lowest BCUT2D eigenvalue weighted by Gasteiger charge is -2.42. The van der Waals surface area contributed by atoms with Gasteiger partial charge in [0.2, 0.25) is 11.2 Å². The van der Waals surface area contributed by atoms with E-state index in [0.29, 0.717) is 66.1 Å². The first-order valence-corrected chi connectivity index (χ1v) is 30.4. The predicted octanol–water partition coefficient (Wildman–Crippen LogP) is 14.7. The van der Waals surface area contributed by atoms with Crippen molar-refractivity contribution in [3.63, 3.8) is 0 Å². The zero-order chi connectivity index (χ0) is 59.0. The molecule has 4 atom stereocenters. The zero-order valence-corrected chi connectivity index (χ0v) is 52.4. The highest BCUT2D eigenvalue weighted by atomic mass is 35.5. The van der Waals surface area contributed by atoms with E-state index in [2.05, 4.69) is 91.1 Å². The third-order valence-electron chi connectivity index (χ3n) is 15.9. The average Bonchev–Trinajstić information content (AvgIpc) is 3.87. The van der Waals surface area contributed by atoms with E-state index < -0.39 is 0 Å². The van der Waals surface area contributed by atoms with Gasteiger partial charge in [0.05, 0.1) is 33.8 Å². The second kappa shape index (κ2) is 33.1. The van der Waals surface area contributed by atoms with E-state index in [1.807, 2.05) is 95.8 Å². The number of H-pyrrole nitrogens is 2. The van der Waals surface area contributed by atoms with Gasteiger partial charge in [0.15, 0.2) is 0 Å². The number of anilines is 1. The molecule has 8 aromatic rings. The Hall–Kier alpha value is -6.40. The highest BCUT2D eigenvalue weighted by molar-refractivity contribution is 7.03. The standard InChI is InChI=1S/C31H35ClN6O2.C18H27N3O2.C13H9Cl2N3.CH4NP.CH4.ClH/c1-21-10-11-28-25(16-21)26(18-33-28)29-27(32)19-34-30(36-29)35-23-8-5-9-24(17-23)37-12-14-38(15-13-37)31(39)40-20-22-6-3-2-4-7-22;19-16-7-4-8-17(13-16)20-9-11-21(12-10-20)18(22)23-14-15-5-2-1-3-6-15;1-7-2-3-11-8(4-7)9(5-16-11)12-10(14)6-17-13(15)18-12;1-2-3;;/h2-4,6-7,10-11,16,18-19,23-24,33H,5,8-9,12-15,17,20H2,1H3,(H,34,35,36);1-3,5-6,16-17H,4,7-14,19H2;2-6,16H,1H3;3H,1H3;1H4;1H/t23-,24+;16-,17+;;;;/m11..../s1.